The number of alkyl halides is 1. The van der Waals surface area contributed by atoms with Crippen molar-refractivity contribution >= 4 is 17.6 Å². The minimum atomic E-state index is -0.488. The number of nitrogens with zero attached hydrogens (tertiary/aromatic N) is 1. The second-order valence-corrected chi connectivity index (χ2v) is 2.30. The quantitative estimate of drug-likeness (QED) is 0.535. The summed E-state index contributed by atoms with van der Waals surface area (Å²) in [6.07, 6.45) is 0. The Balaban J connectivity index is 2.68. The van der Waals surface area contributed by atoms with Crippen LogP contribution in [0.3, 0.4) is 0 Å². The summed E-state index contributed by atoms with van der Waals surface area (Å²) < 4.78 is 9.38. The van der Waals surface area contributed by atoms with Gasteiger partial charge in [-0.3, -0.25) is 0 Å². The first-order valence-corrected chi connectivity index (χ1v) is 4.00. The van der Waals surface area contributed by atoms with Gasteiger partial charge in [-0.05, 0) is 6.92 Å². The number of esters is 1. The Labute approximate surface area is 74.4 Å². The smallest absolute Gasteiger partial charge is 0.360 e. The zero-order valence-electron chi connectivity index (χ0n) is 6.54. The van der Waals surface area contributed by atoms with Gasteiger partial charge in [0.05, 0.1) is 12.5 Å². The minimum absolute atomic E-state index is 0.160. The van der Waals surface area contributed by atoms with Crippen LogP contribution in [0.5, 0.6) is 0 Å². The van der Waals surface area contributed by atoms with E-state index in [0.717, 1.165) is 0 Å². The zero-order chi connectivity index (χ0) is 8.97. The number of carbonyl (C=O) groups is 1. The SMILES string of the molecule is CCOC(=O)c1cc(CCl)on1. The molecule has 0 N–H and O–H groups in total. The molecule has 0 aliphatic heterocycles. The van der Waals surface area contributed by atoms with E-state index in [9.17, 15) is 4.79 Å². The van der Waals surface area contributed by atoms with Crippen molar-refractivity contribution < 1.29 is 14.1 Å². The van der Waals surface area contributed by atoms with Crippen molar-refractivity contribution in [3.63, 3.8) is 0 Å². The maximum atomic E-state index is 11.0. The van der Waals surface area contributed by atoms with Crippen molar-refractivity contribution in [2.24, 2.45) is 0 Å². The van der Waals surface area contributed by atoms with Crippen LogP contribution in [0.1, 0.15) is 23.2 Å². The summed E-state index contributed by atoms with van der Waals surface area (Å²) in [6, 6.07) is 1.46. The van der Waals surface area contributed by atoms with Gasteiger partial charge < -0.3 is 9.26 Å². The van der Waals surface area contributed by atoms with Gasteiger partial charge in [-0.25, -0.2) is 4.79 Å². The maximum Gasteiger partial charge on any atom is 0.360 e. The highest BCUT2D eigenvalue weighted by molar-refractivity contribution is 6.16. The van der Waals surface area contributed by atoms with Crippen LogP contribution in [0.4, 0.5) is 0 Å². The predicted octanol–water partition coefficient (Wildman–Crippen LogP) is 1.59. The molecule has 66 valence electrons. The minimum Gasteiger partial charge on any atom is -0.461 e. The number of carbonyl (C=O) groups excluding carboxylic acids is 1. The lowest BCUT2D eigenvalue weighted by atomic mass is 10.4. The highest BCUT2D eigenvalue weighted by atomic mass is 35.5. The monoisotopic (exact) mass is 189 g/mol. The van der Waals surface area contributed by atoms with Crippen LogP contribution >= 0.6 is 11.6 Å². The van der Waals surface area contributed by atoms with Gasteiger partial charge in [0.15, 0.2) is 11.5 Å². The van der Waals surface area contributed by atoms with Gasteiger partial charge in [-0.1, -0.05) is 5.16 Å². The molecule has 0 aliphatic carbocycles. The van der Waals surface area contributed by atoms with Crippen molar-refractivity contribution in [3.8, 4) is 0 Å². The normalized spacial score (nSPS) is 9.83. The second-order valence-electron chi connectivity index (χ2n) is 2.03. The molecule has 1 rings (SSSR count). The molecule has 0 radical (unpaired) electrons. The molecule has 0 bridgehead atoms. The Morgan fingerprint density at radius 3 is 3.08 bits per heavy atom. The fourth-order valence-electron chi connectivity index (χ4n) is 0.677. The van der Waals surface area contributed by atoms with E-state index in [-0.39, 0.29) is 11.6 Å². The molecule has 0 saturated heterocycles. The van der Waals surface area contributed by atoms with Crippen LogP contribution in [0, 0.1) is 0 Å². The molecule has 1 heterocycles. The van der Waals surface area contributed by atoms with Crippen LogP contribution in [0.2, 0.25) is 0 Å². The van der Waals surface area contributed by atoms with Crippen molar-refractivity contribution in [2.75, 3.05) is 6.61 Å². The third-order valence-corrected chi connectivity index (χ3v) is 1.44. The third-order valence-electron chi connectivity index (χ3n) is 1.18. The number of hydrogen-bond acceptors (Lipinski definition) is 4. The second kappa shape index (κ2) is 4.11. The van der Waals surface area contributed by atoms with E-state index in [0.29, 0.717) is 12.4 Å². The summed E-state index contributed by atoms with van der Waals surface area (Å²) in [5.74, 6) is 0.171. The molecule has 1 aromatic heterocycles. The lowest BCUT2D eigenvalue weighted by Gasteiger charge is -1.94. The lowest BCUT2D eigenvalue weighted by Crippen LogP contribution is -2.04. The zero-order valence-corrected chi connectivity index (χ0v) is 7.30. The Kier molecular flexibility index (Phi) is 3.10. The molecule has 0 saturated carbocycles. The molecule has 4 nitrogen and oxygen atoms in total. The summed E-state index contributed by atoms with van der Waals surface area (Å²) in [7, 11) is 0. The predicted molar refractivity (Wildman–Crippen MR) is 42.0 cm³/mol. The largest absolute Gasteiger partial charge is 0.461 e. The Hall–Kier alpha value is -1.03. The number of rotatable bonds is 3. The summed E-state index contributed by atoms with van der Waals surface area (Å²) in [5, 5.41) is 3.47. The molecule has 0 unspecified atom stereocenters. The molecule has 1 aromatic rings. The third kappa shape index (κ3) is 1.98. The first kappa shape index (κ1) is 9.06. The van der Waals surface area contributed by atoms with Gasteiger partial charge in [0.1, 0.15) is 0 Å². The van der Waals surface area contributed by atoms with Crippen molar-refractivity contribution in [2.45, 2.75) is 12.8 Å². The standard InChI is InChI=1S/C7H8ClNO3/c1-2-11-7(10)6-3-5(4-8)12-9-6/h3H,2,4H2,1H3. The van der Waals surface area contributed by atoms with Gasteiger partial charge in [0.25, 0.3) is 0 Å². The van der Waals surface area contributed by atoms with Crippen LogP contribution in [0.15, 0.2) is 10.6 Å². The summed E-state index contributed by atoms with van der Waals surface area (Å²) in [6.45, 7) is 2.04. The van der Waals surface area contributed by atoms with E-state index < -0.39 is 5.97 Å². The molecule has 5 heteroatoms. The highest BCUT2D eigenvalue weighted by Crippen LogP contribution is 2.07. The molecule has 0 spiro atoms. The van der Waals surface area contributed by atoms with Crippen LogP contribution < -0.4 is 0 Å². The fourth-order valence-corrected chi connectivity index (χ4v) is 0.803. The molecule has 0 aromatic carbocycles. The average molecular weight is 190 g/mol. The molecule has 0 aliphatic rings. The topological polar surface area (TPSA) is 52.3 Å². The van der Waals surface area contributed by atoms with Gasteiger partial charge in [0.2, 0.25) is 0 Å². The summed E-state index contributed by atoms with van der Waals surface area (Å²) in [5.41, 5.74) is 0.160. The van der Waals surface area contributed by atoms with Crippen LogP contribution in [-0.4, -0.2) is 17.7 Å². The molecular weight excluding hydrogens is 182 g/mol. The molecule has 0 atom stereocenters. The molecule has 12 heavy (non-hydrogen) atoms. The van der Waals surface area contributed by atoms with Crippen molar-refractivity contribution in [1.82, 2.24) is 5.16 Å². The van der Waals surface area contributed by atoms with Crippen molar-refractivity contribution in [1.29, 1.82) is 0 Å². The van der Waals surface area contributed by atoms with Gasteiger partial charge >= 0.3 is 5.97 Å². The number of ether oxygens (including phenoxy) is 1. The first-order valence-electron chi connectivity index (χ1n) is 3.46. The average Bonchev–Trinajstić information content (AvgIpc) is 2.52. The van der Waals surface area contributed by atoms with E-state index in [2.05, 4.69) is 9.89 Å². The summed E-state index contributed by atoms with van der Waals surface area (Å²) in [4.78, 5) is 11.0. The van der Waals surface area contributed by atoms with Gasteiger partial charge in [-0.2, -0.15) is 0 Å². The molecular formula is C7H8ClNO3. The number of hydrogen-bond donors (Lipinski definition) is 0. The lowest BCUT2D eigenvalue weighted by molar-refractivity contribution is 0.0514. The Morgan fingerprint density at radius 2 is 2.58 bits per heavy atom. The van der Waals surface area contributed by atoms with E-state index >= 15 is 0 Å². The number of aromatic nitrogens is 1. The van der Waals surface area contributed by atoms with Gasteiger partial charge in [0, 0.05) is 6.07 Å². The first-order chi connectivity index (χ1) is 5.77. The highest BCUT2D eigenvalue weighted by Gasteiger charge is 2.12. The van der Waals surface area contributed by atoms with Crippen LogP contribution in [-0.2, 0) is 10.6 Å². The molecule has 0 fully saturated rings. The van der Waals surface area contributed by atoms with Crippen LogP contribution in [0.25, 0.3) is 0 Å². The van der Waals surface area contributed by atoms with E-state index in [1.54, 1.807) is 6.92 Å². The maximum absolute atomic E-state index is 11.0. The number of halogens is 1. The Morgan fingerprint density at radius 1 is 1.83 bits per heavy atom. The molecule has 0 amide bonds. The van der Waals surface area contributed by atoms with Gasteiger partial charge in [-0.15, -0.1) is 11.6 Å². The fraction of sp³-hybridized carbons (Fsp3) is 0.429. The summed E-state index contributed by atoms with van der Waals surface area (Å²) >= 11 is 5.44. The van der Waals surface area contributed by atoms with E-state index in [1.807, 2.05) is 0 Å². The van der Waals surface area contributed by atoms with E-state index in [1.165, 1.54) is 6.07 Å². The van der Waals surface area contributed by atoms with E-state index in [4.69, 9.17) is 16.1 Å². The van der Waals surface area contributed by atoms with Crippen molar-refractivity contribution in [3.05, 3.63) is 17.5 Å². The Bertz CT molecular complexity index is 271.